The molecule has 3 aromatic rings. The van der Waals surface area contributed by atoms with Gasteiger partial charge in [-0.15, -0.1) is 0 Å². The fourth-order valence-corrected chi connectivity index (χ4v) is 3.88. The molecule has 4 rings (SSSR count). The van der Waals surface area contributed by atoms with Crippen LogP contribution in [0.4, 0.5) is 5.82 Å². The molecule has 0 radical (unpaired) electrons. The number of carbonyl (C=O) groups excluding carboxylic acids is 1. The zero-order valence-electron chi connectivity index (χ0n) is 16.6. The molecule has 1 aliphatic heterocycles. The Balaban J connectivity index is 1.77. The number of nitrogen functional groups attached to an aromatic ring is 1. The Morgan fingerprint density at radius 2 is 2.07 bits per heavy atom. The third-order valence-corrected chi connectivity index (χ3v) is 5.50. The molecule has 0 unspecified atom stereocenters. The number of carbonyl (C=O) groups is 1. The van der Waals surface area contributed by atoms with E-state index in [2.05, 4.69) is 16.5 Å². The summed E-state index contributed by atoms with van der Waals surface area (Å²) in [4.78, 5) is 22.3. The van der Waals surface area contributed by atoms with Crippen molar-refractivity contribution in [3.63, 3.8) is 0 Å². The maximum atomic E-state index is 11.9. The normalized spacial score (nSPS) is 14.9. The van der Waals surface area contributed by atoms with Gasteiger partial charge in [-0.1, -0.05) is 18.7 Å². The fourth-order valence-electron chi connectivity index (χ4n) is 3.88. The monoisotopic (exact) mass is 392 g/mol. The number of hydrogen-bond acceptors (Lipinski definition) is 6. The summed E-state index contributed by atoms with van der Waals surface area (Å²) in [6.07, 6.45) is 4.40. The Bertz CT molecular complexity index is 1080. The van der Waals surface area contributed by atoms with E-state index in [-0.39, 0.29) is 11.9 Å². The van der Waals surface area contributed by atoms with Crippen LogP contribution in [0.15, 0.2) is 37.2 Å². The van der Waals surface area contributed by atoms with Crippen LogP contribution in [-0.2, 0) is 4.79 Å². The second-order valence-corrected chi connectivity index (χ2v) is 7.20. The van der Waals surface area contributed by atoms with E-state index in [1.54, 1.807) is 7.11 Å². The van der Waals surface area contributed by atoms with Gasteiger partial charge < -0.3 is 15.4 Å². The van der Waals surface area contributed by atoms with Crippen LogP contribution in [-0.4, -0.2) is 50.8 Å². The van der Waals surface area contributed by atoms with Gasteiger partial charge >= 0.3 is 0 Å². The largest absolute Gasteiger partial charge is 0.496 e. The number of rotatable bonds is 4. The molecule has 2 N–H and O–H groups in total. The Morgan fingerprint density at radius 3 is 2.76 bits per heavy atom. The van der Waals surface area contributed by atoms with Gasteiger partial charge in [0.05, 0.1) is 18.5 Å². The van der Waals surface area contributed by atoms with E-state index in [0.717, 1.165) is 40.8 Å². The van der Waals surface area contributed by atoms with E-state index in [4.69, 9.17) is 15.6 Å². The number of likely N-dealkylation sites (tertiary alicyclic amines) is 1. The summed E-state index contributed by atoms with van der Waals surface area (Å²) in [5, 5.41) is 5.63. The lowest BCUT2D eigenvalue weighted by Crippen LogP contribution is -2.38. The highest BCUT2D eigenvalue weighted by molar-refractivity contribution is 5.98. The third kappa shape index (κ3) is 3.30. The number of fused-ring (bicyclic) bond motifs is 1. The average molecular weight is 392 g/mol. The average Bonchev–Trinajstić information content (AvgIpc) is 3.14. The van der Waals surface area contributed by atoms with E-state index in [0.29, 0.717) is 24.6 Å². The Morgan fingerprint density at radius 1 is 1.31 bits per heavy atom. The zero-order valence-corrected chi connectivity index (χ0v) is 16.6. The molecule has 1 aliphatic rings. The van der Waals surface area contributed by atoms with Crippen LogP contribution in [0.5, 0.6) is 5.75 Å². The highest BCUT2D eigenvalue weighted by Crippen LogP contribution is 2.35. The number of aromatic nitrogens is 4. The smallest absolute Gasteiger partial charge is 0.245 e. The van der Waals surface area contributed by atoms with Gasteiger partial charge in [-0.2, -0.15) is 5.10 Å². The number of methoxy groups -OCH3 is 1. The molecule has 150 valence electrons. The molecule has 1 fully saturated rings. The topological polar surface area (TPSA) is 99.2 Å². The summed E-state index contributed by atoms with van der Waals surface area (Å²) in [6, 6.07) is 6.08. The Kier molecular flexibility index (Phi) is 4.92. The van der Waals surface area contributed by atoms with Crippen molar-refractivity contribution >= 4 is 22.8 Å². The first-order chi connectivity index (χ1) is 14.0. The van der Waals surface area contributed by atoms with Crippen molar-refractivity contribution in [2.45, 2.75) is 25.8 Å². The first kappa shape index (κ1) is 18.9. The van der Waals surface area contributed by atoms with Gasteiger partial charge in [-0.3, -0.25) is 4.79 Å². The number of ether oxygens (including phenoxy) is 1. The van der Waals surface area contributed by atoms with Crippen molar-refractivity contribution < 1.29 is 9.53 Å². The predicted octanol–water partition coefficient (Wildman–Crippen LogP) is 2.74. The zero-order chi connectivity index (χ0) is 20.5. The molecule has 3 heterocycles. The maximum absolute atomic E-state index is 11.9. The summed E-state index contributed by atoms with van der Waals surface area (Å²) < 4.78 is 7.41. The summed E-state index contributed by atoms with van der Waals surface area (Å²) in [5.41, 5.74) is 9.61. The van der Waals surface area contributed by atoms with Crippen LogP contribution < -0.4 is 10.5 Å². The Hall–Kier alpha value is -3.42. The van der Waals surface area contributed by atoms with E-state index in [1.807, 2.05) is 34.7 Å². The number of anilines is 1. The number of piperidine rings is 1. The minimum Gasteiger partial charge on any atom is -0.496 e. The second-order valence-electron chi connectivity index (χ2n) is 7.20. The Labute approximate surface area is 169 Å². The molecule has 1 saturated heterocycles. The second kappa shape index (κ2) is 7.54. The molecular weight excluding hydrogens is 368 g/mol. The van der Waals surface area contributed by atoms with E-state index in [1.165, 1.54) is 12.4 Å². The minimum absolute atomic E-state index is 0.0345. The fraction of sp³-hybridized carbons (Fsp3) is 0.333. The summed E-state index contributed by atoms with van der Waals surface area (Å²) in [5.74, 6) is 1.15. The van der Waals surface area contributed by atoms with E-state index < -0.39 is 0 Å². The maximum Gasteiger partial charge on any atom is 0.245 e. The molecule has 29 heavy (non-hydrogen) atoms. The van der Waals surface area contributed by atoms with Crippen LogP contribution in [0.25, 0.3) is 22.3 Å². The van der Waals surface area contributed by atoms with Crippen LogP contribution in [0, 0.1) is 6.92 Å². The van der Waals surface area contributed by atoms with Crippen LogP contribution in [0.3, 0.4) is 0 Å². The summed E-state index contributed by atoms with van der Waals surface area (Å²) in [7, 11) is 1.65. The molecule has 0 bridgehead atoms. The lowest BCUT2D eigenvalue weighted by Gasteiger charge is -2.31. The molecule has 1 amide bonds. The lowest BCUT2D eigenvalue weighted by molar-refractivity contribution is -0.127. The molecular formula is C21H24N6O2. The number of aryl methyl sites for hydroxylation is 1. The number of nitrogens with zero attached hydrogens (tertiary/aromatic N) is 5. The van der Waals surface area contributed by atoms with Crippen molar-refractivity contribution in [2.75, 3.05) is 25.9 Å². The van der Waals surface area contributed by atoms with Crippen molar-refractivity contribution in [1.29, 1.82) is 0 Å². The third-order valence-electron chi connectivity index (χ3n) is 5.50. The van der Waals surface area contributed by atoms with Crippen LogP contribution in [0.2, 0.25) is 0 Å². The molecule has 0 atom stereocenters. The van der Waals surface area contributed by atoms with Gasteiger partial charge in [-0.25, -0.2) is 14.6 Å². The van der Waals surface area contributed by atoms with Crippen molar-refractivity contribution in [1.82, 2.24) is 24.6 Å². The quantitative estimate of drug-likeness (QED) is 0.686. The molecule has 2 aromatic heterocycles. The van der Waals surface area contributed by atoms with Crippen molar-refractivity contribution in [3.05, 3.63) is 42.7 Å². The first-order valence-electron chi connectivity index (χ1n) is 9.58. The predicted molar refractivity (Wildman–Crippen MR) is 112 cm³/mol. The highest BCUT2D eigenvalue weighted by atomic mass is 16.5. The van der Waals surface area contributed by atoms with Gasteiger partial charge in [-0.05, 0) is 37.5 Å². The van der Waals surface area contributed by atoms with E-state index in [9.17, 15) is 4.79 Å². The molecule has 0 aliphatic carbocycles. The molecule has 0 saturated carbocycles. The summed E-state index contributed by atoms with van der Waals surface area (Å²) >= 11 is 0. The molecule has 8 heteroatoms. The van der Waals surface area contributed by atoms with Gasteiger partial charge in [0.25, 0.3) is 0 Å². The van der Waals surface area contributed by atoms with Crippen molar-refractivity contribution in [3.8, 4) is 17.0 Å². The van der Waals surface area contributed by atoms with Gasteiger partial charge in [0, 0.05) is 18.7 Å². The number of benzene rings is 1. The highest BCUT2D eigenvalue weighted by Gasteiger charge is 2.27. The first-order valence-corrected chi connectivity index (χ1v) is 9.58. The van der Waals surface area contributed by atoms with Gasteiger partial charge in [0.15, 0.2) is 5.65 Å². The molecule has 0 spiro atoms. The molecule has 1 aromatic carbocycles. The SMILES string of the molecule is C=CC(=O)N1CCC(n2nc(-c3ccc(C)c(OC)c3)c3c(N)ncnc32)CC1. The van der Waals surface area contributed by atoms with Crippen LogP contribution >= 0.6 is 0 Å². The van der Waals surface area contributed by atoms with Gasteiger partial charge in [0.1, 0.15) is 23.6 Å². The van der Waals surface area contributed by atoms with Gasteiger partial charge in [0.2, 0.25) is 5.91 Å². The molecule has 8 nitrogen and oxygen atoms in total. The number of nitrogens with two attached hydrogens (primary N) is 1. The lowest BCUT2D eigenvalue weighted by atomic mass is 10.0. The number of hydrogen-bond donors (Lipinski definition) is 1. The van der Waals surface area contributed by atoms with Crippen molar-refractivity contribution in [2.24, 2.45) is 0 Å². The minimum atomic E-state index is -0.0345. The van der Waals surface area contributed by atoms with E-state index >= 15 is 0 Å². The number of amides is 1. The summed E-state index contributed by atoms with van der Waals surface area (Å²) in [6.45, 7) is 6.88. The standard InChI is InChI=1S/C21H24N6O2/c1-4-17(28)26-9-7-15(8-10-26)27-21-18(20(22)23-12-24-21)19(25-27)14-6-5-13(2)16(11-14)29-3/h4-6,11-12,15H,1,7-10H2,2-3H3,(H2,22,23,24). The van der Waals surface area contributed by atoms with Crippen LogP contribution in [0.1, 0.15) is 24.4 Å².